The second kappa shape index (κ2) is 3.34. The molecule has 0 radical (unpaired) electrons. The van der Waals surface area contributed by atoms with E-state index < -0.39 is 0 Å². The molecule has 78 valence electrons. The van der Waals surface area contributed by atoms with Crippen LogP contribution in [0.3, 0.4) is 0 Å². The van der Waals surface area contributed by atoms with E-state index in [0.717, 1.165) is 22.2 Å². The van der Waals surface area contributed by atoms with E-state index in [2.05, 4.69) is 9.97 Å². The molecule has 0 saturated heterocycles. The summed E-state index contributed by atoms with van der Waals surface area (Å²) < 4.78 is 5.33. The Morgan fingerprint density at radius 2 is 2.06 bits per heavy atom. The van der Waals surface area contributed by atoms with Crippen molar-refractivity contribution in [1.82, 2.24) is 9.97 Å². The van der Waals surface area contributed by atoms with Gasteiger partial charge in [-0.05, 0) is 12.1 Å². The van der Waals surface area contributed by atoms with Crippen LogP contribution in [-0.2, 0) is 0 Å². The second-order valence-electron chi connectivity index (χ2n) is 3.50. The number of hydrogen-bond donors (Lipinski definition) is 1. The van der Waals surface area contributed by atoms with Crippen LogP contribution < -0.4 is 5.73 Å². The van der Waals surface area contributed by atoms with Crippen LogP contribution in [0.25, 0.3) is 22.2 Å². The van der Waals surface area contributed by atoms with Gasteiger partial charge in [0.15, 0.2) is 0 Å². The lowest BCUT2D eigenvalue weighted by atomic mass is 10.1. The Bertz CT molecular complexity index is 645. The van der Waals surface area contributed by atoms with Crippen molar-refractivity contribution in [2.75, 3.05) is 5.73 Å². The number of nitrogen functional groups attached to an aromatic ring is 1. The van der Waals surface area contributed by atoms with Crippen molar-refractivity contribution in [3.05, 3.63) is 42.9 Å². The third-order valence-corrected chi connectivity index (χ3v) is 2.41. The predicted octanol–water partition coefficient (Wildman–Crippen LogP) is 2.47. The maximum Gasteiger partial charge on any atom is 0.142 e. The number of aromatic nitrogens is 2. The van der Waals surface area contributed by atoms with Crippen LogP contribution in [0.4, 0.5) is 5.82 Å². The molecule has 3 rings (SSSR count). The molecule has 0 aliphatic carbocycles. The van der Waals surface area contributed by atoms with E-state index in [9.17, 15) is 0 Å². The van der Waals surface area contributed by atoms with Gasteiger partial charge >= 0.3 is 0 Å². The first-order chi connectivity index (χ1) is 7.83. The summed E-state index contributed by atoms with van der Waals surface area (Å²) in [6.07, 6.45) is 4.87. The fraction of sp³-hybridized carbons (Fsp3) is 0. The average Bonchev–Trinajstić information content (AvgIpc) is 2.75. The predicted molar refractivity (Wildman–Crippen MR) is 61.7 cm³/mol. The number of rotatable bonds is 1. The molecular formula is C12H9N3O. The summed E-state index contributed by atoms with van der Waals surface area (Å²) in [4.78, 5) is 8.22. The first-order valence-electron chi connectivity index (χ1n) is 4.88. The maximum atomic E-state index is 5.59. The number of benzene rings is 1. The molecule has 0 atom stereocenters. The quantitative estimate of drug-likeness (QED) is 0.671. The van der Waals surface area contributed by atoms with Crippen LogP contribution >= 0.6 is 0 Å². The Morgan fingerprint density at radius 1 is 1.12 bits per heavy atom. The maximum absolute atomic E-state index is 5.59. The summed E-state index contributed by atoms with van der Waals surface area (Å²) in [6, 6.07) is 7.81. The molecule has 0 amide bonds. The fourth-order valence-electron chi connectivity index (χ4n) is 1.63. The summed E-state index contributed by atoms with van der Waals surface area (Å²) in [5.74, 6) is 0.414. The van der Waals surface area contributed by atoms with Crippen molar-refractivity contribution in [3.8, 4) is 11.3 Å². The lowest BCUT2D eigenvalue weighted by molar-refractivity contribution is 0.616. The molecule has 1 aromatic carbocycles. The van der Waals surface area contributed by atoms with Crippen molar-refractivity contribution >= 4 is 16.8 Å². The number of fused-ring (bicyclic) bond motifs is 1. The monoisotopic (exact) mass is 211 g/mol. The van der Waals surface area contributed by atoms with E-state index in [4.69, 9.17) is 10.2 Å². The summed E-state index contributed by atoms with van der Waals surface area (Å²) in [5, 5.41) is 1.07. The van der Waals surface area contributed by atoms with Gasteiger partial charge < -0.3 is 10.2 Å². The lowest BCUT2D eigenvalue weighted by Gasteiger charge is -2.00. The molecule has 4 nitrogen and oxygen atoms in total. The van der Waals surface area contributed by atoms with Crippen molar-refractivity contribution in [2.24, 2.45) is 0 Å². The zero-order chi connectivity index (χ0) is 11.0. The second-order valence-corrected chi connectivity index (χ2v) is 3.50. The molecule has 0 aliphatic rings. The molecule has 16 heavy (non-hydrogen) atoms. The Labute approximate surface area is 91.7 Å². The topological polar surface area (TPSA) is 64.9 Å². The highest BCUT2D eigenvalue weighted by Crippen LogP contribution is 2.23. The molecule has 3 aromatic rings. The van der Waals surface area contributed by atoms with Gasteiger partial charge in [0.05, 0.1) is 24.4 Å². The van der Waals surface area contributed by atoms with Crippen LogP contribution in [-0.4, -0.2) is 9.97 Å². The SMILES string of the molecule is Nc1cncc(-c2ccc3ccoc3c2)n1. The smallest absolute Gasteiger partial charge is 0.142 e. The van der Waals surface area contributed by atoms with Crippen molar-refractivity contribution in [3.63, 3.8) is 0 Å². The Morgan fingerprint density at radius 3 is 2.94 bits per heavy atom. The van der Waals surface area contributed by atoms with Crippen molar-refractivity contribution in [2.45, 2.75) is 0 Å². The van der Waals surface area contributed by atoms with E-state index in [1.807, 2.05) is 24.3 Å². The number of hydrogen-bond acceptors (Lipinski definition) is 4. The molecule has 0 saturated carbocycles. The summed E-state index contributed by atoms with van der Waals surface area (Å²) in [7, 11) is 0. The normalized spacial score (nSPS) is 10.8. The average molecular weight is 211 g/mol. The summed E-state index contributed by atoms with van der Waals surface area (Å²) >= 11 is 0. The first-order valence-corrected chi connectivity index (χ1v) is 4.88. The first kappa shape index (κ1) is 8.91. The van der Waals surface area contributed by atoms with E-state index >= 15 is 0 Å². The number of anilines is 1. The molecule has 2 heterocycles. The largest absolute Gasteiger partial charge is 0.464 e. The van der Waals surface area contributed by atoms with Gasteiger partial charge in [-0.3, -0.25) is 4.98 Å². The number of nitrogens with zero attached hydrogens (tertiary/aromatic N) is 2. The summed E-state index contributed by atoms with van der Waals surface area (Å²) in [5.41, 5.74) is 8.12. The van der Waals surface area contributed by atoms with Crippen molar-refractivity contribution < 1.29 is 4.42 Å². The van der Waals surface area contributed by atoms with E-state index in [1.165, 1.54) is 6.20 Å². The molecule has 0 unspecified atom stereocenters. The minimum absolute atomic E-state index is 0.414. The Kier molecular flexibility index (Phi) is 1.86. The highest BCUT2D eigenvalue weighted by atomic mass is 16.3. The lowest BCUT2D eigenvalue weighted by Crippen LogP contribution is -1.93. The molecular weight excluding hydrogens is 202 g/mol. The number of nitrogens with two attached hydrogens (primary N) is 1. The van der Waals surface area contributed by atoms with Gasteiger partial charge in [0, 0.05) is 10.9 Å². The van der Waals surface area contributed by atoms with Gasteiger partial charge in [-0.25, -0.2) is 4.98 Å². The van der Waals surface area contributed by atoms with Crippen LogP contribution in [0.5, 0.6) is 0 Å². The minimum atomic E-state index is 0.414. The summed E-state index contributed by atoms with van der Waals surface area (Å²) in [6.45, 7) is 0. The van der Waals surface area contributed by atoms with Crippen LogP contribution in [0, 0.1) is 0 Å². The number of furan rings is 1. The Hall–Kier alpha value is -2.36. The van der Waals surface area contributed by atoms with Gasteiger partial charge in [0.1, 0.15) is 11.4 Å². The highest BCUT2D eigenvalue weighted by molar-refractivity contribution is 5.82. The fourth-order valence-corrected chi connectivity index (χ4v) is 1.63. The zero-order valence-electron chi connectivity index (χ0n) is 8.42. The van der Waals surface area contributed by atoms with E-state index in [-0.39, 0.29) is 0 Å². The third-order valence-electron chi connectivity index (χ3n) is 2.41. The molecule has 0 aliphatic heterocycles. The van der Waals surface area contributed by atoms with Crippen LogP contribution in [0.1, 0.15) is 0 Å². The van der Waals surface area contributed by atoms with Gasteiger partial charge in [-0.1, -0.05) is 12.1 Å². The molecule has 2 aromatic heterocycles. The zero-order valence-corrected chi connectivity index (χ0v) is 8.42. The van der Waals surface area contributed by atoms with Gasteiger partial charge in [0.2, 0.25) is 0 Å². The van der Waals surface area contributed by atoms with Gasteiger partial charge in [-0.2, -0.15) is 0 Å². The van der Waals surface area contributed by atoms with Gasteiger partial charge in [0.25, 0.3) is 0 Å². The van der Waals surface area contributed by atoms with Crippen LogP contribution in [0.2, 0.25) is 0 Å². The van der Waals surface area contributed by atoms with E-state index in [1.54, 1.807) is 12.5 Å². The minimum Gasteiger partial charge on any atom is -0.464 e. The molecule has 0 spiro atoms. The van der Waals surface area contributed by atoms with E-state index in [0.29, 0.717) is 5.82 Å². The van der Waals surface area contributed by atoms with Gasteiger partial charge in [-0.15, -0.1) is 0 Å². The van der Waals surface area contributed by atoms with Crippen molar-refractivity contribution in [1.29, 1.82) is 0 Å². The molecule has 4 heteroatoms. The molecule has 0 fully saturated rings. The standard InChI is InChI=1S/C12H9N3O/c13-12-7-14-6-10(15-12)9-2-1-8-3-4-16-11(8)5-9/h1-7H,(H2,13,15). The van der Waals surface area contributed by atoms with Crippen LogP contribution in [0.15, 0.2) is 47.3 Å². The third kappa shape index (κ3) is 1.40. The Balaban J connectivity index is 2.18. The molecule has 2 N–H and O–H groups in total. The highest BCUT2D eigenvalue weighted by Gasteiger charge is 2.03. The molecule has 0 bridgehead atoms.